The lowest BCUT2D eigenvalue weighted by molar-refractivity contribution is 0.0946. The van der Waals surface area contributed by atoms with E-state index in [1.807, 2.05) is 38.2 Å². The molecule has 0 unspecified atom stereocenters. The summed E-state index contributed by atoms with van der Waals surface area (Å²) in [5, 5.41) is 12.5. The fourth-order valence-corrected chi connectivity index (χ4v) is 4.08. The van der Waals surface area contributed by atoms with Crippen LogP contribution in [-0.4, -0.2) is 44.8 Å². The topological polar surface area (TPSA) is 95.3 Å². The third kappa shape index (κ3) is 4.28. The Labute approximate surface area is 199 Å². The molecule has 0 saturated heterocycles. The van der Waals surface area contributed by atoms with Gasteiger partial charge in [-0.15, -0.1) is 10.2 Å². The second-order valence-electron chi connectivity index (χ2n) is 8.54. The van der Waals surface area contributed by atoms with Gasteiger partial charge in [-0.2, -0.15) is 0 Å². The van der Waals surface area contributed by atoms with Crippen LogP contribution in [0.15, 0.2) is 49.2 Å². The van der Waals surface area contributed by atoms with E-state index in [0.29, 0.717) is 42.1 Å². The van der Waals surface area contributed by atoms with Crippen molar-refractivity contribution in [3.63, 3.8) is 0 Å². The summed E-state index contributed by atoms with van der Waals surface area (Å²) >= 11 is 5.94. The van der Waals surface area contributed by atoms with Gasteiger partial charge in [0, 0.05) is 18.8 Å². The molecule has 0 aliphatic heterocycles. The molecule has 11 heteroatoms. The summed E-state index contributed by atoms with van der Waals surface area (Å²) in [6, 6.07) is 7.13. The molecule has 2 atom stereocenters. The van der Waals surface area contributed by atoms with E-state index in [4.69, 9.17) is 11.6 Å². The predicted octanol–water partition coefficient (Wildman–Crippen LogP) is 3.90. The summed E-state index contributed by atoms with van der Waals surface area (Å²) in [5.41, 5.74) is 2.04. The minimum atomic E-state index is -0.482. The Morgan fingerprint density at radius 3 is 2.85 bits per heavy atom. The summed E-state index contributed by atoms with van der Waals surface area (Å²) in [6.07, 6.45) is 7.50. The van der Waals surface area contributed by atoms with Gasteiger partial charge in [-0.1, -0.05) is 36.7 Å². The van der Waals surface area contributed by atoms with Gasteiger partial charge in [-0.3, -0.25) is 4.79 Å². The third-order valence-corrected chi connectivity index (χ3v) is 6.37. The Hall–Kier alpha value is -3.66. The molecule has 0 spiro atoms. The van der Waals surface area contributed by atoms with Gasteiger partial charge in [0.1, 0.15) is 17.8 Å². The standard InChI is InChI=1S/C23H22ClFN8O/c1-14(9-17-23-22(25)16(24)6-8-31(23)13-26-17)15(2)10-19(34)18-11-32(30-28-18)12-20-27-21-5-3-4-7-33(21)29-20/h3-8,11,13-15H,9-10,12H2,1-2H3/t14-,15-/m1/s1. The highest BCUT2D eigenvalue weighted by Crippen LogP contribution is 2.26. The molecular weight excluding hydrogens is 459 g/mol. The van der Waals surface area contributed by atoms with Gasteiger partial charge < -0.3 is 4.40 Å². The Morgan fingerprint density at radius 2 is 2.03 bits per heavy atom. The zero-order valence-corrected chi connectivity index (χ0v) is 19.4. The molecule has 34 heavy (non-hydrogen) atoms. The van der Waals surface area contributed by atoms with Crippen LogP contribution in [0.3, 0.4) is 0 Å². The Balaban J connectivity index is 1.23. The van der Waals surface area contributed by atoms with Crippen LogP contribution >= 0.6 is 11.6 Å². The van der Waals surface area contributed by atoms with Crippen LogP contribution in [0.1, 0.15) is 42.3 Å². The van der Waals surface area contributed by atoms with Gasteiger partial charge in [0.15, 0.2) is 23.1 Å². The smallest absolute Gasteiger partial charge is 0.184 e. The molecule has 0 radical (unpaired) electrons. The van der Waals surface area contributed by atoms with E-state index >= 15 is 0 Å². The predicted molar refractivity (Wildman–Crippen MR) is 123 cm³/mol. The first-order valence-electron chi connectivity index (χ1n) is 10.9. The average molecular weight is 481 g/mol. The fourth-order valence-electron chi connectivity index (χ4n) is 3.93. The SMILES string of the molecule is C[C@H](CC(=O)c1cn(Cc2nc3ccccn3n2)nn1)[C@H](C)Cc1ncn2ccc(Cl)c(F)c12. The maximum Gasteiger partial charge on any atom is 0.184 e. The summed E-state index contributed by atoms with van der Waals surface area (Å²) < 4.78 is 19.4. The Kier molecular flexibility index (Phi) is 5.82. The number of pyridine rings is 2. The van der Waals surface area contributed by atoms with Gasteiger partial charge in [-0.25, -0.2) is 23.6 Å². The highest BCUT2D eigenvalue weighted by atomic mass is 35.5. The highest BCUT2D eigenvalue weighted by molar-refractivity contribution is 6.31. The van der Waals surface area contributed by atoms with Crippen molar-refractivity contribution in [1.29, 1.82) is 0 Å². The van der Waals surface area contributed by atoms with E-state index in [0.717, 1.165) is 5.65 Å². The third-order valence-electron chi connectivity index (χ3n) is 6.08. The molecule has 0 amide bonds. The maximum atomic E-state index is 14.5. The number of nitrogens with zero attached hydrogens (tertiary/aromatic N) is 8. The average Bonchev–Trinajstić information content (AvgIpc) is 3.55. The Morgan fingerprint density at radius 1 is 1.18 bits per heavy atom. The number of halogens is 2. The second-order valence-corrected chi connectivity index (χ2v) is 8.95. The zero-order chi connectivity index (χ0) is 23.8. The number of carbonyl (C=O) groups is 1. The van der Waals surface area contributed by atoms with Crippen molar-refractivity contribution in [2.45, 2.75) is 33.2 Å². The molecule has 0 aliphatic carbocycles. The number of Topliss-reactive ketones (excluding diaryl/α,β-unsaturated/α-hetero) is 1. The van der Waals surface area contributed by atoms with Crippen LogP contribution in [0.4, 0.5) is 4.39 Å². The van der Waals surface area contributed by atoms with Crippen LogP contribution in [0, 0.1) is 17.7 Å². The molecule has 174 valence electrons. The number of hydrogen-bond acceptors (Lipinski definition) is 6. The minimum Gasteiger partial charge on any atom is -0.303 e. The number of ketones is 1. The summed E-state index contributed by atoms with van der Waals surface area (Å²) in [7, 11) is 0. The molecule has 9 nitrogen and oxygen atoms in total. The summed E-state index contributed by atoms with van der Waals surface area (Å²) in [5.74, 6) is 0.105. The fraction of sp³-hybridized carbons (Fsp3) is 0.304. The molecule has 5 heterocycles. The monoisotopic (exact) mass is 480 g/mol. The van der Waals surface area contributed by atoms with Gasteiger partial charge in [0.25, 0.3) is 0 Å². The number of aromatic nitrogens is 8. The van der Waals surface area contributed by atoms with Crippen molar-refractivity contribution < 1.29 is 9.18 Å². The normalized spacial score (nSPS) is 13.5. The minimum absolute atomic E-state index is 0.0248. The molecule has 0 aromatic carbocycles. The molecule has 0 N–H and O–H groups in total. The van der Waals surface area contributed by atoms with E-state index in [1.54, 1.807) is 32.3 Å². The summed E-state index contributed by atoms with van der Waals surface area (Å²) in [6.45, 7) is 4.34. The molecule has 0 fully saturated rings. The first-order valence-corrected chi connectivity index (χ1v) is 11.3. The van der Waals surface area contributed by atoms with E-state index < -0.39 is 5.82 Å². The molecule has 5 rings (SSSR count). The number of fused-ring (bicyclic) bond motifs is 2. The molecule has 0 bridgehead atoms. The van der Waals surface area contributed by atoms with Crippen molar-refractivity contribution in [3.8, 4) is 0 Å². The lowest BCUT2D eigenvalue weighted by atomic mass is 9.87. The molecule has 0 aliphatic rings. The number of rotatable bonds is 8. The molecule has 5 aromatic rings. The quantitative estimate of drug-likeness (QED) is 0.313. The van der Waals surface area contributed by atoms with Crippen molar-refractivity contribution in [1.82, 2.24) is 39.0 Å². The van der Waals surface area contributed by atoms with Gasteiger partial charge in [-0.05, 0) is 36.5 Å². The molecular formula is C23H22ClFN8O. The van der Waals surface area contributed by atoms with Crippen LogP contribution in [0.5, 0.6) is 0 Å². The number of carbonyl (C=O) groups excluding carboxylic acids is 1. The second kappa shape index (κ2) is 8.94. The Bertz CT molecular complexity index is 1460. The van der Waals surface area contributed by atoms with Crippen LogP contribution in [0.25, 0.3) is 11.2 Å². The molecule has 0 saturated carbocycles. The molecule has 5 aromatic heterocycles. The van der Waals surface area contributed by atoms with Gasteiger partial charge in [0.2, 0.25) is 0 Å². The number of hydrogen-bond donors (Lipinski definition) is 0. The van der Waals surface area contributed by atoms with Crippen LogP contribution in [0.2, 0.25) is 5.02 Å². The van der Waals surface area contributed by atoms with Crippen molar-refractivity contribution in [3.05, 3.63) is 77.2 Å². The van der Waals surface area contributed by atoms with E-state index in [2.05, 4.69) is 25.4 Å². The van der Waals surface area contributed by atoms with E-state index in [-0.39, 0.29) is 22.6 Å². The van der Waals surface area contributed by atoms with Crippen molar-refractivity contribution >= 4 is 28.5 Å². The van der Waals surface area contributed by atoms with Crippen LogP contribution in [-0.2, 0) is 13.0 Å². The first kappa shape index (κ1) is 22.1. The van der Waals surface area contributed by atoms with Crippen molar-refractivity contribution in [2.24, 2.45) is 11.8 Å². The lowest BCUT2D eigenvalue weighted by Gasteiger charge is -2.18. The lowest BCUT2D eigenvalue weighted by Crippen LogP contribution is -2.16. The van der Waals surface area contributed by atoms with E-state index in [9.17, 15) is 9.18 Å². The number of imidazole rings is 1. The maximum absolute atomic E-state index is 14.5. The van der Waals surface area contributed by atoms with Crippen molar-refractivity contribution in [2.75, 3.05) is 0 Å². The first-order chi connectivity index (χ1) is 16.4. The zero-order valence-electron chi connectivity index (χ0n) is 18.6. The van der Waals surface area contributed by atoms with Gasteiger partial charge >= 0.3 is 0 Å². The highest BCUT2D eigenvalue weighted by Gasteiger charge is 2.22. The summed E-state index contributed by atoms with van der Waals surface area (Å²) in [4.78, 5) is 21.6. The van der Waals surface area contributed by atoms with E-state index in [1.165, 1.54) is 6.07 Å². The van der Waals surface area contributed by atoms with Crippen LogP contribution < -0.4 is 0 Å². The largest absolute Gasteiger partial charge is 0.303 e. The van der Waals surface area contributed by atoms with Gasteiger partial charge in [0.05, 0.1) is 23.2 Å².